The van der Waals surface area contributed by atoms with Crippen LogP contribution in [0.3, 0.4) is 0 Å². The molecule has 1 rings (SSSR count). The summed E-state index contributed by atoms with van der Waals surface area (Å²) in [6, 6.07) is 8.72. The molecule has 1 N–H and O–H groups in total. The van der Waals surface area contributed by atoms with Gasteiger partial charge in [-0.3, -0.25) is 9.59 Å². The number of carboxylic acids is 1. The highest BCUT2D eigenvalue weighted by Crippen LogP contribution is 2.29. The second-order valence-electron chi connectivity index (χ2n) is 2.74. The van der Waals surface area contributed by atoms with E-state index in [-0.39, 0.29) is 5.12 Å². The highest BCUT2D eigenvalue weighted by Gasteiger charge is 2.21. The van der Waals surface area contributed by atoms with Gasteiger partial charge in [0.25, 0.3) is 0 Å². The zero-order valence-corrected chi connectivity index (χ0v) is 8.45. The smallest absolute Gasteiger partial charge is 0.321 e. The lowest BCUT2D eigenvalue weighted by Gasteiger charge is -2.09. The van der Waals surface area contributed by atoms with Crippen molar-refractivity contribution in [3.63, 3.8) is 0 Å². The Morgan fingerprint density at radius 2 is 1.86 bits per heavy atom. The van der Waals surface area contributed by atoms with E-state index in [9.17, 15) is 9.59 Å². The molecule has 0 aliphatic heterocycles. The first-order valence-corrected chi connectivity index (χ1v) is 4.94. The van der Waals surface area contributed by atoms with E-state index in [4.69, 9.17) is 5.11 Å². The second-order valence-corrected chi connectivity index (χ2v) is 4.02. The topological polar surface area (TPSA) is 54.4 Å². The summed E-state index contributed by atoms with van der Waals surface area (Å²) in [4.78, 5) is 21.7. The van der Waals surface area contributed by atoms with Crippen LogP contribution < -0.4 is 0 Å². The molecule has 3 nitrogen and oxygen atoms in total. The summed E-state index contributed by atoms with van der Waals surface area (Å²) in [5.74, 6) is -0.989. The lowest BCUT2D eigenvalue weighted by Crippen LogP contribution is -2.09. The van der Waals surface area contributed by atoms with Crippen molar-refractivity contribution in [2.75, 3.05) is 0 Å². The first-order valence-electron chi connectivity index (χ1n) is 4.06. The minimum atomic E-state index is -0.989. The molecule has 14 heavy (non-hydrogen) atoms. The van der Waals surface area contributed by atoms with E-state index in [1.54, 1.807) is 30.3 Å². The SMILES string of the molecule is CC(=O)SC(C(=O)O)c1ccccc1. The zero-order valence-electron chi connectivity index (χ0n) is 7.64. The van der Waals surface area contributed by atoms with Gasteiger partial charge in [-0.15, -0.1) is 0 Å². The maximum absolute atomic E-state index is 10.9. The molecular weight excluding hydrogens is 200 g/mol. The van der Waals surface area contributed by atoms with Crippen molar-refractivity contribution in [2.45, 2.75) is 12.2 Å². The molecule has 0 radical (unpaired) electrons. The molecule has 0 bridgehead atoms. The van der Waals surface area contributed by atoms with Crippen molar-refractivity contribution in [2.24, 2.45) is 0 Å². The molecule has 1 unspecified atom stereocenters. The monoisotopic (exact) mass is 210 g/mol. The number of rotatable bonds is 3. The van der Waals surface area contributed by atoms with Gasteiger partial charge in [0.05, 0.1) is 0 Å². The summed E-state index contributed by atoms with van der Waals surface area (Å²) in [5, 5.41) is 7.91. The summed E-state index contributed by atoms with van der Waals surface area (Å²) in [5.41, 5.74) is 0.639. The van der Waals surface area contributed by atoms with Gasteiger partial charge in [0.2, 0.25) is 0 Å². The van der Waals surface area contributed by atoms with Crippen LogP contribution in [-0.2, 0) is 9.59 Å². The van der Waals surface area contributed by atoms with Gasteiger partial charge in [0.1, 0.15) is 5.25 Å². The third-order valence-electron chi connectivity index (χ3n) is 1.61. The van der Waals surface area contributed by atoms with Crippen LogP contribution in [0.1, 0.15) is 17.7 Å². The van der Waals surface area contributed by atoms with Gasteiger partial charge < -0.3 is 5.11 Å². The van der Waals surface area contributed by atoms with Gasteiger partial charge in [-0.2, -0.15) is 0 Å². The number of carbonyl (C=O) groups is 2. The lowest BCUT2D eigenvalue weighted by molar-refractivity contribution is -0.136. The standard InChI is InChI=1S/C10H10O3S/c1-7(11)14-9(10(12)13)8-5-3-2-4-6-8/h2-6,9H,1H3,(H,12,13). The molecule has 0 saturated carbocycles. The first kappa shape index (κ1) is 10.8. The van der Waals surface area contributed by atoms with E-state index >= 15 is 0 Å². The van der Waals surface area contributed by atoms with Crippen LogP contribution >= 0.6 is 11.8 Å². The average molecular weight is 210 g/mol. The molecule has 1 atom stereocenters. The van der Waals surface area contributed by atoms with Crippen molar-refractivity contribution < 1.29 is 14.7 Å². The number of aliphatic carboxylic acids is 1. The fraction of sp³-hybridized carbons (Fsp3) is 0.200. The highest BCUT2D eigenvalue weighted by atomic mass is 32.2. The van der Waals surface area contributed by atoms with Crippen LogP contribution in [-0.4, -0.2) is 16.2 Å². The third-order valence-corrected chi connectivity index (χ3v) is 2.65. The van der Waals surface area contributed by atoms with Crippen molar-refractivity contribution in [3.8, 4) is 0 Å². The molecule has 0 amide bonds. The van der Waals surface area contributed by atoms with E-state index in [0.717, 1.165) is 11.8 Å². The predicted molar refractivity (Wildman–Crippen MR) is 55.1 cm³/mol. The fourth-order valence-corrected chi connectivity index (χ4v) is 1.78. The predicted octanol–water partition coefficient (Wildman–Crippen LogP) is 2.09. The van der Waals surface area contributed by atoms with E-state index in [2.05, 4.69) is 0 Å². The summed E-state index contributed by atoms with van der Waals surface area (Å²) in [7, 11) is 0. The summed E-state index contributed by atoms with van der Waals surface area (Å²) in [6.45, 7) is 1.36. The van der Waals surface area contributed by atoms with E-state index < -0.39 is 11.2 Å². The summed E-state index contributed by atoms with van der Waals surface area (Å²) < 4.78 is 0. The minimum Gasteiger partial charge on any atom is -0.480 e. The average Bonchev–Trinajstić information content (AvgIpc) is 2.15. The fourth-order valence-electron chi connectivity index (χ4n) is 1.05. The number of carboxylic acid groups (broad SMARTS) is 1. The van der Waals surface area contributed by atoms with Crippen molar-refractivity contribution in [1.29, 1.82) is 0 Å². The highest BCUT2D eigenvalue weighted by molar-refractivity contribution is 8.14. The molecule has 4 heteroatoms. The molecule has 1 aromatic rings. The van der Waals surface area contributed by atoms with Crippen molar-refractivity contribution in [1.82, 2.24) is 0 Å². The van der Waals surface area contributed by atoms with Crippen LogP contribution in [0, 0.1) is 0 Å². The zero-order chi connectivity index (χ0) is 10.6. The number of thioether (sulfide) groups is 1. The molecule has 0 aromatic heterocycles. The normalized spacial score (nSPS) is 12.1. The number of benzene rings is 1. The van der Waals surface area contributed by atoms with Gasteiger partial charge in [0, 0.05) is 6.92 Å². The first-order chi connectivity index (χ1) is 6.61. The van der Waals surface area contributed by atoms with Gasteiger partial charge >= 0.3 is 5.97 Å². The Balaban J connectivity index is 2.89. The quantitative estimate of drug-likeness (QED) is 0.830. The summed E-state index contributed by atoms with van der Waals surface area (Å²) in [6.07, 6.45) is 0. The Hall–Kier alpha value is -1.29. The number of hydrogen-bond acceptors (Lipinski definition) is 3. The van der Waals surface area contributed by atoms with Gasteiger partial charge in [-0.25, -0.2) is 0 Å². The molecule has 0 spiro atoms. The molecular formula is C10H10O3S. The van der Waals surface area contributed by atoms with E-state index in [0.29, 0.717) is 5.56 Å². The van der Waals surface area contributed by atoms with Gasteiger partial charge in [-0.05, 0) is 5.56 Å². The largest absolute Gasteiger partial charge is 0.480 e. The Kier molecular flexibility index (Phi) is 3.71. The van der Waals surface area contributed by atoms with E-state index in [1.165, 1.54) is 6.92 Å². The van der Waals surface area contributed by atoms with Crippen LogP contribution in [0.5, 0.6) is 0 Å². The Morgan fingerprint density at radius 1 is 1.29 bits per heavy atom. The van der Waals surface area contributed by atoms with Crippen LogP contribution in [0.2, 0.25) is 0 Å². The third kappa shape index (κ3) is 2.88. The Morgan fingerprint density at radius 3 is 2.29 bits per heavy atom. The molecule has 0 aliphatic carbocycles. The van der Waals surface area contributed by atoms with E-state index in [1.807, 2.05) is 0 Å². The lowest BCUT2D eigenvalue weighted by atomic mass is 10.1. The van der Waals surface area contributed by atoms with Gasteiger partial charge in [-0.1, -0.05) is 42.1 Å². The van der Waals surface area contributed by atoms with Crippen molar-refractivity contribution >= 4 is 22.8 Å². The second kappa shape index (κ2) is 4.81. The molecule has 0 aliphatic rings. The van der Waals surface area contributed by atoms with Crippen molar-refractivity contribution in [3.05, 3.63) is 35.9 Å². The van der Waals surface area contributed by atoms with Gasteiger partial charge in [0.15, 0.2) is 5.12 Å². The van der Waals surface area contributed by atoms with Crippen LogP contribution in [0.25, 0.3) is 0 Å². The Labute approximate surface area is 86.1 Å². The Bertz CT molecular complexity index is 334. The maximum Gasteiger partial charge on any atom is 0.321 e. The molecule has 0 heterocycles. The van der Waals surface area contributed by atoms with Crippen LogP contribution in [0.4, 0.5) is 0 Å². The number of carbonyl (C=O) groups excluding carboxylic acids is 1. The molecule has 0 saturated heterocycles. The maximum atomic E-state index is 10.9. The molecule has 1 aromatic carbocycles. The molecule has 74 valence electrons. The minimum absolute atomic E-state index is 0.193. The molecule has 0 fully saturated rings. The van der Waals surface area contributed by atoms with Crippen LogP contribution in [0.15, 0.2) is 30.3 Å². The summed E-state index contributed by atoms with van der Waals surface area (Å²) >= 11 is 0.822. The number of hydrogen-bond donors (Lipinski definition) is 1.